The number of rotatable bonds is 4. The Morgan fingerprint density at radius 1 is 0.353 bits per heavy atom. The first-order chi connectivity index (χ1) is 25.1. The zero-order chi connectivity index (χ0) is 34.2. The fourth-order valence-corrected chi connectivity index (χ4v) is 9.28. The predicted octanol–water partition coefficient (Wildman–Crippen LogP) is 13.0. The summed E-state index contributed by atoms with van der Waals surface area (Å²) in [7, 11) is 0. The van der Waals surface area contributed by atoms with Gasteiger partial charge >= 0.3 is 0 Å². The number of benzene rings is 8. The number of hydrogen-bond donors (Lipinski definition) is 0. The number of para-hydroxylation sites is 1. The first kappa shape index (κ1) is 29.7. The normalized spacial score (nSPS) is 14.4. The topological polar surface area (TPSA) is 3.24 Å². The van der Waals surface area contributed by atoms with Crippen LogP contribution in [0.3, 0.4) is 0 Å². The van der Waals surface area contributed by atoms with E-state index < -0.39 is 5.41 Å². The van der Waals surface area contributed by atoms with Gasteiger partial charge in [-0.1, -0.05) is 166 Å². The van der Waals surface area contributed by atoms with Crippen molar-refractivity contribution in [2.75, 3.05) is 4.90 Å². The Hall–Kier alpha value is -6.18. The Morgan fingerprint density at radius 3 is 1.59 bits per heavy atom. The van der Waals surface area contributed by atoms with Crippen LogP contribution in [0.25, 0.3) is 33.0 Å². The van der Waals surface area contributed by atoms with Gasteiger partial charge in [0, 0.05) is 22.5 Å². The van der Waals surface area contributed by atoms with Crippen LogP contribution in [-0.2, 0) is 10.8 Å². The molecular formula is C50H37N. The molecule has 0 saturated heterocycles. The van der Waals surface area contributed by atoms with Crippen molar-refractivity contribution in [3.8, 4) is 22.3 Å². The lowest BCUT2D eigenvalue weighted by Gasteiger charge is -2.46. The van der Waals surface area contributed by atoms with Crippen molar-refractivity contribution in [2.45, 2.75) is 24.7 Å². The van der Waals surface area contributed by atoms with Crippen molar-refractivity contribution in [1.82, 2.24) is 0 Å². The zero-order valence-corrected chi connectivity index (χ0v) is 28.8. The molecule has 2 aliphatic rings. The highest BCUT2D eigenvalue weighted by Gasteiger charge is 2.53. The van der Waals surface area contributed by atoms with Crippen LogP contribution in [0.2, 0.25) is 0 Å². The van der Waals surface area contributed by atoms with E-state index in [1.54, 1.807) is 0 Å². The van der Waals surface area contributed by atoms with Crippen molar-refractivity contribution in [1.29, 1.82) is 0 Å². The van der Waals surface area contributed by atoms with Gasteiger partial charge in [-0.15, -0.1) is 0 Å². The van der Waals surface area contributed by atoms with E-state index in [0.717, 1.165) is 17.1 Å². The minimum Gasteiger partial charge on any atom is -0.310 e. The van der Waals surface area contributed by atoms with Crippen LogP contribution in [0.5, 0.6) is 0 Å². The summed E-state index contributed by atoms with van der Waals surface area (Å²) >= 11 is 0. The molecule has 0 N–H and O–H groups in total. The van der Waals surface area contributed by atoms with Crippen LogP contribution >= 0.6 is 0 Å². The van der Waals surface area contributed by atoms with Gasteiger partial charge in [-0.05, 0) is 103 Å². The molecule has 242 valence electrons. The van der Waals surface area contributed by atoms with Crippen LogP contribution in [0.4, 0.5) is 17.1 Å². The molecule has 0 bridgehead atoms. The van der Waals surface area contributed by atoms with Crippen LogP contribution in [0, 0.1) is 0 Å². The Bertz CT molecular complexity index is 2560. The largest absolute Gasteiger partial charge is 0.310 e. The van der Waals surface area contributed by atoms with Gasteiger partial charge in [0.2, 0.25) is 0 Å². The third kappa shape index (κ3) is 4.22. The Kier molecular flexibility index (Phi) is 6.51. The van der Waals surface area contributed by atoms with E-state index in [1.165, 1.54) is 66.4 Å². The molecule has 1 heteroatoms. The molecule has 0 aromatic heterocycles. The lowest BCUT2D eigenvalue weighted by molar-refractivity contribution is 0.563. The maximum Gasteiger partial charge on any atom is 0.0719 e. The highest BCUT2D eigenvalue weighted by molar-refractivity contribution is 5.97. The van der Waals surface area contributed by atoms with E-state index in [9.17, 15) is 0 Å². The van der Waals surface area contributed by atoms with Gasteiger partial charge in [0.1, 0.15) is 0 Å². The molecule has 0 radical (unpaired) electrons. The minimum absolute atomic E-state index is 0.113. The maximum atomic E-state index is 2.43. The number of nitrogens with zero attached hydrogens (tertiary/aromatic N) is 1. The number of hydrogen-bond acceptors (Lipinski definition) is 1. The summed E-state index contributed by atoms with van der Waals surface area (Å²) in [5, 5.41) is 2.53. The molecule has 2 aliphatic carbocycles. The highest BCUT2D eigenvalue weighted by atomic mass is 15.1. The Morgan fingerprint density at radius 2 is 0.863 bits per heavy atom. The first-order valence-corrected chi connectivity index (χ1v) is 17.9. The lowest BCUT2D eigenvalue weighted by Crippen LogP contribution is -2.40. The second-order valence-electron chi connectivity index (χ2n) is 14.5. The van der Waals surface area contributed by atoms with Crippen LogP contribution in [-0.4, -0.2) is 0 Å². The summed E-state index contributed by atoms with van der Waals surface area (Å²) in [4.78, 5) is 2.40. The van der Waals surface area contributed by atoms with Gasteiger partial charge in [0.15, 0.2) is 0 Å². The summed E-state index contributed by atoms with van der Waals surface area (Å²) in [5.41, 5.74) is 16.2. The van der Waals surface area contributed by atoms with E-state index >= 15 is 0 Å². The standard InChI is InChI=1S/C50H37N/c1-49(2)45-23-10-12-25-47(45)50(48-26-13-11-24-46(48)49)43-22-9-8-20-41(43)42-33-38(31-32-44(42)50)51(36-17-4-3-5-18-36)37-29-27-35(28-30-37)40-21-14-16-34-15-6-7-19-39(34)40/h3-33H,1-2H3. The average Bonchev–Trinajstić information content (AvgIpc) is 3.48. The molecule has 1 nitrogen and oxygen atoms in total. The van der Waals surface area contributed by atoms with Crippen molar-refractivity contribution >= 4 is 27.8 Å². The summed E-state index contributed by atoms with van der Waals surface area (Å²) in [5.74, 6) is 0. The summed E-state index contributed by atoms with van der Waals surface area (Å²) < 4.78 is 0. The predicted molar refractivity (Wildman–Crippen MR) is 213 cm³/mol. The second-order valence-corrected chi connectivity index (χ2v) is 14.5. The minimum atomic E-state index is -0.398. The quantitative estimate of drug-likeness (QED) is 0.183. The van der Waals surface area contributed by atoms with E-state index in [-0.39, 0.29) is 5.41 Å². The molecule has 0 heterocycles. The van der Waals surface area contributed by atoms with Crippen LogP contribution in [0.15, 0.2) is 188 Å². The molecule has 0 aliphatic heterocycles. The maximum absolute atomic E-state index is 2.43. The van der Waals surface area contributed by atoms with Crippen molar-refractivity contribution in [3.63, 3.8) is 0 Å². The molecule has 0 atom stereocenters. The highest BCUT2D eigenvalue weighted by Crippen LogP contribution is 2.62. The SMILES string of the molecule is CC1(C)c2ccccc2C2(c3ccccc3-c3cc(N(c4ccccc4)c4ccc(-c5cccc6ccccc56)cc4)ccc32)c2ccccc21. The van der Waals surface area contributed by atoms with Gasteiger partial charge < -0.3 is 4.90 Å². The molecule has 51 heavy (non-hydrogen) atoms. The fourth-order valence-electron chi connectivity index (χ4n) is 9.28. The zero-order valence-electron chi connectivity index (χ0n) is 28.8. The molecule has 1 spiro atoms. The first-order valence-electron chi connectivity index (χ1n) is 17.9. The molecule has 8 aromatic carbocycles. The smallest absolute Gasteiger partial charge is 0.0719 e. The number of anilines is 3. The molecule has 0 amide bonds. The van der Waals surface area contributed by atoms with Crippen LogP contribution in [0.1, 0.15) is 47.2 Å². The van der Waals surface area contributed by atoms with E-state index in [1.807, 2.05) is 0 Å². The molecule has 10 rings (SSSR count). The summed E-state index contributed by atoms with van der Waals surface area (Å²) in [6, 6.07) is 69.6. The lowest BCUT2D eigenvalue weighted by atomic mass is 9.55. The van der Waals surface area contributed by atoms with Gasteiger partial charge in [0.25, 0.3) is 0 Å². The van der Waals surface area contributed by atoms with E-state index in [0.29, 0.717) is 0 Å². The molecule has 8 aromatic rings. The van der Waals surface area contributed by atoms with E-state index in [4.69, 9.17) is 0 Å². The van der Waals surface area contributed by atoms with Gasteiger partial charge in [-0.3, -0.25) is 0 Å². The second kappa shape index (κ2) is 11.2. The van der Waals surface area contributed by atoms with Crippen molar-refractivity contribution < 1.29 is 0 Å². The van der Waals surface area contributed by atoms with Gasteiger partial charge in [0.05, 0.1) is 5.41 Å². The van der Waals surface area contributed by atoms with Crippen molar-refractivity contribution in [2.24, 2.45) is 0 Å². The molecule has 0 fully saturated rings. The fraction of sp³-hybridized carbons (Fsp3) is 0.0800. The van der Waals surface area contributed by atoms with Gasteiger partial charge in [-0.2, -0.15) is 0 Å². The Balaban J connectivity index is 1.17. The average molecular weight is 652 g/mol. The Labute approximate surface area is 300 Å². The molecule has 0 saturated carbocycles. The molecular weight excluding hydrogens is 615 g/mol. The number of fused-ring (bicyclic) bond motifs is 10. The summed E-state index contributed by atoms with van der Waals surface area (Å²) in [6.45, 7) is 4.76. The van der Waals surface area contributed by atoms with E-state index in [2.05, 4.69) is 207 Å². The third-order valence-electron chi connectivity index (χ3n) is 11.5. The molecule has 0 unspecified atom stereocenters. The third-order valence-corrected chi connectivity index (χ3v) is 11.5. The van der Waals surface area contributed by atoms with Gasteiger partial charge in [-0.25, -0.2) is 0 Å². The van der Waals surface area contributed by atoms with Crippen molar-refractivity contribution in [3.05, 3.63) is 221 Å². The van der Waals surface area contributed by atoms with Crippen LogP contribution < -0.4 is 4.90 Å². The summed E-state index contributed by atoms with van der Waals surface area (Å²) in [6.07, 6.45) is 0. The monoisotopic (exact) mass is 651 g/mol.